The molecule has 2 aromatic heterocycles. The van der Waals surface area contributed by atoms with Crippen LogP contribution in [0.4, 0.5) is 10.1 Å². The zero-order chi connectivity index (χ0) is 23.8. The van der Waals surface area contributed by atoms with E-state index in [0.29, 0.717) is 5.16 Å². The molecule has 0 spiro atoms. The SMILES string of the molecule is CN1CC(c2cc(F)c3nnc(Sc4ccc5c(c4)C=C(N4CCCOCC4)CC=N5)n3c2)C=N1. The average Bonchev–Trinajstić information content (AvgIpc) is 3.27. The van der Waals surface area contributed by atoms with E-state index in [1.54, 1.807) is 4.40 Å². The van der Waals surface area contributed by atoms with Crippen LogP contribution in [0.25, 0.3) is 11.7 Å². The first-order valence-corrected chi connectivity index (χ1v) is 12.6. The molecule has 0 radical (unpaired) electrons. The summed E-state index contributed by atoms with van der Waals surface area (Å²) in [5.41, 5.74) is 4.34. The molecule has 10 heteroatoms. The van der Waals surface area contributed by atoms with Gasteiger partial charge in [0.25, 0.3) is 0 Å². The van der Waals surface area contributed by atoms with E-state index in [1.165, 1.54) is 23.5 Å². The Morgan fingerprint density at radius 1 is 1.14 bits per heavy atom. The predicted molar refractivity (Wildman–Crippen MR) is 135 cm³/mol. The average molecular weight is 492 g/mol. The van der Waals surface area contributed by atoms with Crippen LogP contribution in [-0.4, -0.2) is 76.8 Å². The summed E-state index contributed by atoms with van der Waals surface area (Å²) in [6.45, 7) is 4.17. The van der Waals surface area contributed by atoms with Crippen molar-refractivity contribution in [3.63, 3.8) is 0 Å². The number of halogens is 1. The molecule has 8 nitrogen and oxygen atoms in total. The molecule has 3 aromatic rings. The molecule has 0 aliphatic carbocycles. The lowest BCUT2D eigenvalue weighted by Crippen LogP contribution is -2.25. The number of fused-ring (bicyclic) bond motifs is 2. The van der Waals surface area contributed by atoms with E-state index in [-0.39, 0.29) is 17.4 Å². The Bertz CT molecular complexity index is 1340. The van der Waals surface area contributed by atoms with E-state index in [2.05, 4.69) is 37.3 Å². The van der Waals surface area contributed by atoms with E-state index in [1.807, 2.05) is 42.8 Å². The van der Waals surface area contributed by atoms with Crippen LogP contribution in [0.15, 0.2) is 56.3 Å². The van der Waals surface area contributed by atoms with Crippen molar-refractivity contribution in [3.05, 3.63) is 53.1 Å². The van der Waals surface area contributed by atoms with Gasteiger partial charge in [0.15, 0.2) is 11.5 Å². The molecule has 0 amide bonds. The van der Waals surface area contributed by atoms with Crippen LogP contribution in [0.5, 0.6) is 0 Å². The summed E-state index contributed by atoms with van der Waals surface area (Å²) in [6, 6.07) is 7.71. The van der Waals surface area contributed by atoms with Gasteiger partial charge in [-0.2, -0.15) is 5.10 Å². The molecule has 1 saturated heterocycles. The van der Waals surface area contributed by atoms with Gasteiger partial charge < -0.3 is 9.64 Å². The molecule has 0 saturated carbocycles. The highest BCUT2D eigenvalue weighted by Crippen LogP contribution is 2.34. The summed E-state index contributed by atoms with van der Waals surface area (Å²) in [5.74, 6) is -0.340. The van der Waals surface area contributed by atoms with Crippen LogP contribution < -0.4 is 0 Å². The van der Waals surface area contributed by atoms with Crippen molar-refractivity contribution in [1.82, 2.24) is 24.5 Å². The summed E-state index contributed by atoms with van der Waals surface area (Å²) in [4.78, 5) is 8.07. The highest BCUT2D eigenvalue weighted by atomic mass is 32.2. The Balaban J connectivity index is 1.31. The van der Waals surface area contributed by atoms with Gasteiger partial charge in [-0.15, -0.1) is 10.2 Å². The molecular formula is C25H26FN7OS. The molecule has 35 heavy (non-hydrogen) atoms. The van der Waals surface area contributed by atoms with Crippen LogP contribution in [0.1, 0.15) is 29.9 Å². The normalized spacial score (nSPS) is 20.2. The van der Waals surface area contributed by atoms with Crippen molar-refractivity contribution in [2.45, 2.75) is 28.8 Å². The summed E-state index contributed by atoms with van der Waals surface area (Å²) in [7, 11) is 1.91. The summed E-state index contributed by atoms with van der Waals surface area (Å²) in [6.07, 6.45) is 9.81. The van der Waals surface area contributed by atoms with Crippen LogP contribution in [0, 0.1) is 5.82 Å². The number of pyridine rings is 1. The van der Waals surface area contributed by atoms with Crippen LogP contribution in [-0.2, 0) is 4.74 Å². The number of hydrogen-bond acceptors (Lipinski definition) is 8. The fraction of sp³-hybridized carbons (Fsp3) is 0.360. The lowest BCUT2D eigenvalue weighted by atomic mass is 10.0. The lowest BCUT2D eigenvalue weighted by Gasteiger charge is -2.24. The number of allylic oxidation sites excluding steroid dienone is 1. The second kappa shape index (κ2) is 9.43. The standard InChI is InChI=1S/C25H26FN7OS/c1-31-15-19(14-28-31)18-13-22(26)24-29-30-25(33(24)16-18)35-21-3-4-23-17(12-21)11-20(5-6-27-23)32-7-2-9-34-10-8-32/h3-4,6,11-14,16,19H,2,5,7-10,15H2,1H3. The maximum atomic E-state index is 14.8. The number of hydrazone groups is 1. The Kier molecular flexibility index (Phi) is 5.99. The van der Waals surface area contributed by atoms with Gasteiger partial charge >= 0.3 is 0 Å². The Morgan fingerprint density at radius 3 is 2.97 bits per heavy atom. The van der Waals surface area contributed by atoms with Gasteiger partial charge in [0.05, 0.1) is 12.3 Å². The highest BCUT2D eigenvalue weighted by Gasteiger charge is 2.21. The molecule has 3 aliphatic rings. The van der Waals surface area contributed by atoms with Crippen molar-refractivity contribution in [2.75, 3.05) is 39.9 Å². The summed E-state index contributed by atoms with van der Waals surface area (Å²) in [5, 5.41) is 15.2. The molecule has 0 N–H and O–H groups in total. The first-order chi connectivity index (χ1) is 17.1. The third-order valence-corrected chi connectivity index (χ3v) is 7.42. The monoisotopic (exact) mass is 491 g/mol. The minimum Gasteiger partial charge on any atom is -0.380 e. The minimum absolute atomic E-state index is 0.0393. The lowest BCUT2D eigenvalue weighted by molar-refractivity contribution is 0.145. The minimum atomic E-state index is -0.380. The smallest absolute Gasteiger partial charge is 0.200 e. The number of likely N-dealkylation sites (N-methyl/N-ethyl adjacent to an activating group) is 1. The van der Waals surface area contributed by atoms with Gasteiger partial charge in [-0.25, -0.2) is 4.39 Å². The molecule has 1 fully saturated rings. The predicted octanol–water partition coefficient (Wildman–Crippen LogP) is 4.20. The van der Waals surface area contributed by atoms with E-state index in [9.17, 15) is 4.39 Å². The Hall–Kier alpha value is -3.24. The second-order valence-electron chi connectivity index (χ2n) is 8.94. The van der Waals surface area contributed by atoms with E-state index in [4.69, 9.17) is 4.74 Å². The molecule has 1 unspecified atom stereocenters. The number of aromatic nitrogens is 3. The third-order valence-electron chi connectivity index (χ3n) is 6.47. The van der Waals surface area contributed by atoms with Crippen molar-refractivity contribution in [3.8, 4) is 0 Å². The molecule has 6 rings (SSSR count). The van der Waals surface area contributed by atoms with Crippen LogP contribution in [0.2, 0.25) is 0 Å². The largest absolute Gasteiger partial charge is 0.380 e. The second-order valence-corrected chi connectivity index (χ2v) is 9.98. The highest BCUT2D eigenvalue weighted by molar-refractivity contribution is 7.99. The molecular weight excluding hydrogens is 465 g/mol. The van der Waals surface area contributed by atoms with E-state index < -0.39 is 0 Å². The van der Waals surface area contributed by atoms with Crippen molar-refractivity contribution in [2.24, 2.45) is 10.1 Å². The molecule has 1 aromatic carbocycles. The number of nitrogens with zero attached hydrogens (tertiary/aromatic N) is 7. The van der Waals surface area contributed by atoms with Crippen LogP contribution >= 0.6 is 11.8 Å². The fourth-order valence-corrected chi connectivity index (χ4v) is 5.51. The molecule has 1 atom stereocenters. The fourth-order valence-electron chi connectivity index (χ4n) is 4.65. The van der Waals surface area contributed by atoms with Crippen molar-refractivity contribution in [1.29, 1.82) is 0 Å². The van der Waals surface area contributed by atoms with Gasteiger partial charge in [-0.05, 0) is 54.1 Å². The quantitative estimate of drug-likeness (QED) is 0.545. The molecule has 180 valence electrons. The van der Waals surface area contributed by atoms with Crippen molar-refractivity contribution < 1.29 is 9.13 Å². The van der Waals surface area contributed by atoms with Crippen molar-refractivity contribution >= 4 is 41.6 Å². The maximum Gasteiger partial charge on any atom is 0.200 e. The van der Waals surface area contributed by atoms with E-state index in [0.717, 1.165) is 67.4 Å². The van der Waals surface area contributed by atoms with Gasteiger partial charge in [0.1, 0.15) is 0 Å². The van der Waals surface area contributed by atoms with Gasteiger partial charge in [0, 0.05) is 80.4 Å². The zero-order valence-corrected chi connectivity index (χ0v) is 20.3. The third kappa shape index (κ3) is 4.55. The number of aliphatic imine (C=N–C) groups is 1. The Morgan fingerprint density at radius 2 is 2.09 bits per heavy atom. The first kappa shape index (κ1) is 22.2. The summed E-state index contributed by atoms with van der Waals surface area (Å²) < 4.78 is 22.2. The molecule has 3 aliphatic heterocycles. The first-order valence-electron chi connectivity index (χ1n) is 11.8. The molecule has 0 bridgehead atoms. The van der Waals surface area contributed by atoms with Gasteiger partial charge in [-0.1, -0.05) is 0 Å². The number of rotatable bonds is 4. The number of hydrogen-bond donors (Lipinski definition) is 0. The van der Waals surface area contributed by atoms with E-state index >= 15 is 0 Å². The Labute approximate surface area is 207 Å². The number of benzene rings is 1. The van der Waals surface area contributed by atoms with Crippen LogP contribution in [0.3, 0.4) is 0 Å². The summed E-state index contributed by atoms with van der Waals surface area (Å²) >= 11 is 1.47. The molecule has 5 heterocycles. The van der Waals surface area contributed by atoms with Gasteiger partial charge in [-0.3, -0.25) is 14.4 Å². The topological polar surface area (TPSA) is 70.6 Å². The maximum absolute atomic E-state index is 14.8. The van der Waals surface area contributed by atoms with Gasteiger partial charge in [0.2, 0.25) is 5.16 Å². The number of ether oxygens (including phenoxy) is 1. The zero-order valence-electron chi connectivity index (χ0n) is 19.5.